The zero-order valence-corrected chi connectivity index (χ0v) is 17.9. The lowest BCUT2D eigenvalue weighted by Crippen LogP contribution is -2.47. The lowest BCUT2D eigenvalue weighted by Gasteiger charge is -2.38. The predicted molar refractivity (Wildman–Crippen MR) is 113 cm³/mol. The van der Waals surface area contributed by atoms with Crippen molar-refractivity contribution in [3.8, 4) is 17.2 Å². The molecule has 1 saturated heterocycles. The molecule has 2 aromatic rings. The first-order chi connectivity index (χ1) is 13.9. The summed E-state index contributed by atoms with van der Waals surface area (Å²) in [6, 6.07) is 7.01. The van der Waals surface area contributed by atoms with Gasteiger partial charge in [0.15, 0.2) is 11.5 Å². The van der Waals surface area contributed by atoms with Gasteiger partial charge >= 0.3 is 0 Å². The number of aromatic nitrogens is 1. The second-order valence-electron chi connectivity index (χ2n) is 7.49. The van der Waals surface area contributed by atoms with Gasteiger partial charge in [-0.3, -0.25) is 9.69 Å². The topological polar surface area (TPSA) is 67.2 Å². The van der Waals surface area contributed by atoms with E-state index in [-0.39, 0.29) is 17.4 Å². The molecule has 158 valence electrons. The summed E-state index contributed by atoms with van der Waals surface area (Å²) >= 11 is 0. The van der Waals surface area contributed by atoms with Crippen LogP contribution in [0.15, 0.2) is 29.1 Å². The van der Waals surface area contributed by atoms with E-state index < -0.39 is 0 Å². The van der Waals surface area contributed by atoms with Crippen LogP contribution in [0.25, 0.3) is 0 Å². The molecule has 2 heterocycles. The molecule has 0 spiro atoms. The van der Waals surface area contributed by atoms with Crippen LogP contribution in [0.2, 0.25) is 0 Å². The van der Waals surface area contributed by atoms with Gasteiger partial charge in [0.25, 0.3) is 5.56 Å². The first kappa shape index (κ1) is 21.2. The third kappa shape index (κ3) is 4.11. The number of hydrogen-bond acceptors (Lipinski definition) is 6. The molecule has 0 bridgehead atoms. The molecule has 1 N–H and O–H groups in total. The summed E-state index contributed by atoms with van der Waals surface area (Å²) in [6.45, 7) is 7.74. The first-order valence-corrected chi connectivity index (χ1v) is 9.99. The molecule has 0 unspecified atom stereocenters. The summed E-state index contributed by atoms with van der Waals surface area (Å²) < 4.78 is 12.6. The summed E-state index contributed by atoms with van der Waals surface area (Å²) in [5, 5.41) is 10.8. The van der Waals surface area contributed by atoms with Gasteiger partial charge in [-0.15, -0.1) is 0 Å². The number of ether oxygens (including phenoxy) is 2. The van der Waals surface area contributed by atoms with Crippen LogP contribution in [0.5, 0.6) is 17.2 Å². The Kier molecular flexibility index (Phi) is 6.49. The molecular formula is C22H31N3O4. The molecule has 0 radical (unpaired) electrons. The predicted octanol–water partition coefficient (Wildman–Crippen LogP) is 2.24. The average Bonchev–Trinajstić information content (AvgIpc) is 2.71. The van der Waals surface area contributed by atoms with Crippen LogP contribution >= 0.6 is 0 Å². The number of rotatable bonds is 6. The number of hydrogen-bond donors (Lipinski definition) is 1. The zero-order chi connectivity index (χ0) is 21.1. The fourth-order valence-electron chi connectivity index (χ4n) is 4.08. The lowest BCUT2D eigenvalue weighted by molar-refractivity contribution is 0.125. The number of likely N-dealkylation sites (N-methyl/N-ethyl adjacent to an activating group) is 1. The van der Waals surface area contributed by atoms with Gasteiger partial charge in [-0.2, -0.15) is 0 Å². The van der Waals surface area contributed by atoms with Crippen LogP contribution in [-0.2, 0) is 6.54 Å². The third-order valence-electron chi connectivity index (χ3n) is 5.74. The van der Waals surface area contributed by atoms with E-state index in [0.29, 0.717) is 23.6 Å². The fourth-order valence-corrected chi connectivity index (χ4v) is 4.08. The highest BCUT2D eigenvalue weighted by atomic mass is 16.5. The lowest BCUT2D eigenvalue weighted by atomic mass is 9.95. The van der Waals surface area contributed by atoms with E-state index in [1.54, 1.807) is 24.9 Å². The highest BCUT2D eigenvalue weighted by Gasteiger charge is 2.31. The Bertz CT molecular complexity index is 917. The molecule has 3 rings (SSSR count). The standard InChI is InChI=1S/C22H31N3O4/c1-6-25-15(2)13-17(26)20(22(25)27)21(24-11-9-23(3)10-12-24)16-7-8-18(28-4)19(14-16)29-5/h7-8,13-14,21,26H,6,9-12H2,1-5H3/t21-/m0/s1. The number of methoxy groups -OCH3 is 2. The van der Waals surface area contributed by atoms with Crippen LogP contribution < -0.4 is 15.0 Å². The van der Waals surface area contributed by atoms with Gasteiger partial charge in [-0.25, -0.2) is 0 Å². The molecule has 0 amide bonds. The van der Waals surface area contributed by atoms with Gasteiger partial charge in [0.1, 0.15) is 5.75 Å². The normalized spacial score (nSPS) is 16.6. The number of aryl methyl sites for hydroxylation is 1. The maximum atomic E-state index is 13.4. The second-order valence-corrected chi connectivity index (χ2v) is 7.49. The molecule has 7 heteroatoms. The molecular weight excluding hydrogens is 370 g/mol. The van der Waals surface area contributed by atoms with Crippen LogP contribution in [0.3, 0.4) is 0 Å². The summed E-state index contributed by atoms with van der Waals surface area (Å²) in [5.41, 5.74) is 1.91. The van der Waals surface area contributed by atoms with Crippen LogP contribution in [0, 0.1) is 6.92 Å². The highest BCUT2D eigenvalue weighted by Crippen LogP contribution is 2.37. The Morgan fingerprint density at radius 3 is 2.31 bits per heavy atom. The van der Waals surface area contributed by atoms with Gasteiger partial charge in [-0.1, -0.05) is 6.07 Å². The van der Waals surface area contributed by atoms with Crippen LogP contribution in [0.1, 0.15) is 29.8 Å². The highest BCUT2D eigenvalue weighted by molar-refractivity contribution is 5.48. The van der Waals surface area contributed by atoms with Crippen molar-refractivity contribution in [2.45, 2.75) is 26.4 Å². The number of nitrogens with zero attached hydrogens (tertiary/aromatic N) is 3. The number of benzene rings is 1. The largest absolute Gasteiger partial charge is 0.507 e. The fraction of sp³-hybridized carbons (Fsp3) is 0.500. The van der Waals surface area contributed by atoms with E-state index in [1.807, 2.05) is 32.0 Å². The second kappa shape index (κ2) is 8.88. The van der Waals surface area contributed by atoms with Crippen molar-refractivity contribution in [3.05, 3.63) is 51.4 Å². The van der Waals surface area contributed by atoms with E-state index >= 15 is 0 Å². The first-order valence-electron chi connectivity index (χ1n) is 9.99. The average molecular weight is 402 g/mol. The molecule has 29 heavy (non-hydrogen) atoms. The SMILES string of the molecule is CCn1c(C)cc(O)c([C@H](c2ccc(OC)c(OC)c2)N2CCN(C)CC2)c1=O. The maximum Gasteiger partial charge on any atom is 0.259 e. The molecule has 1 fully saturated rings. The smallest absolute Gasteiger partial charge is 0.259 e. The maximum absolute atomic E-state index is 13.4. The van der Waals surface area contributed by atoms with Crippen molar-refractivity contribution in [2.75, 3.05) is 47.4 Å². The monoisotopic (exact) mass is 401 g/mol. The molecule has 0 aliphatic carbocycles. The third-order valence-corrected chi connectivity index (χ3v) is 5.74. The van der Waals surface area contributed by atoms with Crippen molar-refractivity contribution < 1.29 is 14.6 Å². The van der Waals surface area contributed by atoms with Gasteiger partial charge in [-0.05, 0) is 44.7 Å². The van der Waals surface area contributed by atoms with Crippen molar-refractivity contribution in [3.63, 3.8) is 0 Å². The summed E-state index contributed by atoms with van der Waals surface area (Å²) in [6.07, 6.45) is 0. The zero-order valence-electron chi connectivity index (χ0n) is 17.9. The molecule has 7 nitrogen and oxygen atoms in total. The van der Waals surface area contributed by atoms with Crippen molar-refractivity contribution in [1.29, 1.82) is 0 Å². The Morgan fingerprint density at radius 1 is 1.07 bits per heavy atom. The van der Waals surface area contributed by atoms with E-state index in [0.717, 1.165) is 37.4 Å². The molecule has 0 saturated carbocycles. The molecule has 1 aromatic carbocycles. The summed E-state index contributed by atoms with van der Waals surface area (Å²) in [5.74, 6) is 1.27. The molecule has 1 aliphatic rings. The number of pyridine rings is 1. The Labute approximate surface area is 172 Å². The molecule has 1 aliphatic heterocycles. The quantitative estimate of drug-likeness (QED) is 0.801. The van der Waals surface area contributed by atoms with E-state index in [4.69, 9.17) is 9.47 Å². The van der Waals surface area contributed by atoms with Crippen molar-refractivity contribution in [2.24, 2.45) is 0 Å². The summed E-state index contributed by atoms with van der Waals surface area (Å²) in [7, 11) is 5.29. The van der Waals surface area contributed by atoms with Gasteiger partial charge < -0.3 is 24.0 Å². The Hall–Kier alpha value is -2.51. The number of piperazine rings is 1. The number of aromatic hydroxyl groups is 1. The van der Waals surface area contributed by atoms with Gasteiger partial charge in [0.2, 0.25) is 0 Å². The minimum atomic E-state index is -0.366. The molecule has 1 atom stereocenters. The van der Waals surface area contributed by atoms with E-state index in [2.05, 4.69) is 16.8 Å². The Balaban J connectivity index is 2.19. The van der Waals surface area contributed by atoms with E-state index in [9.17, 15) is 9.90 Å². The van der Waals surface area contributed by atoms with Crippen molar-refractivity contribution in [1.82, 2.24) is 14.4 Å². The van der Waals surface area contributed by atoms with E-state index in [1.165, 1.54) is 0 Å². The van der Waals surface area contributed by atoms with Crippen LogP contribution in [-0.4, -0.2) is 66.9 Å². The minimum Gasteiger partial charge on any atom is -0.507 e. The molecule has 1 aromatic heterocycles. The minimum absolute atomic E-state index is 0.0379. The van der Waals surface area contributed by atoms with Gasteiger partial charge in [0.05, 0.1) is 25.8 Å². The van der Waals surface area contributed by atoms with Crippen molar-refractivity contribution >= 4 is 0 Å². The van der Waals surface area contributed by atoms with Gasteiger partial charge in [0, 0.05) is 38.4 Å². The summed E-state index contributed by atoms with van der Waals surface area (Å²) in [4.78, 5) is 17.9. The van der Waals surface area contributed by atoms with Crippen LogP contribution in [0.4, 0.5) is 0 Å². The Morgan fingerprint density at radius 2 is 1.72 bits per heavy atom.